The van der Waals surface area contributed by atoms with Crippen LogP contribution in [0.4, 0.5) is 0 Å². The quantitative estimate of drug-likeness (QED) is 0.392. The zero-order valence-corrected chi connectivity index (χ0v) is 18.3. The van der Waals surface area contributed by atoms with Crippen LogP contribution in [0, 0.1) is 6.92 Å². The molecule has 0 N–H and O–H groups in total. The summed E-state index contributed by atoms with van der Waals surface area (Å²) in [6.07, 6.45) is 3.67. The van der Waals surface area contributed by atoms with Crippen LogP contribution in [0.15, 0.2) is 61.1 Å². The fourth-order valence-corrected chi connectivity index (χ4v) is 4.30. The predicted octanol–water partition coefficient (Wildman–Crippen LogP) is 5.08. The number of ether oxygens (including phenoxy) is 3. The maximum absolute atomic E-state index is 13.4. The van der Waals surface area contributed by atoms with Gasteiger partial charge in [0.2, 0.25) is 0 Å². The van der Waals surface area contributed by atoms with Crippen LogP contribution >= 0.6 is 0 Å². The highest BCUT2D eigenvalue weighted by Crippen LogP contribution is 2.45. The Balaban J connectivity index is 1.68. The summed E-state index contributed by atoms with van der Waals surface area (Å²) >= 11 is 0. The van der Waals surface area contributed by atoms with Gasteiger partial charge in [-0.3, -0.25) is 4.79 Å². The molecule has 0 bridgehead atoms. The Morgan fingerprint density at radius 2 is 1.47 bits per heavy atom. The molecule has 32 heavy (non-hydrogen) atoms. The third-order valence-corrected chi connectivity index (χ3v) is 5.82. The van der Waals surface area contributed by atoms with Gasteiger partial charge in [0.1, 0.15) is 17.2 Å². The minimum atomic E-state index is -0.0302. The number of hydrogen-bond acceptors (Lipinski definition) is 5. The van der Waals surface area contributed by atoms with Crippen molar-refractivity contribution in [3.05, 3.63) is 77.9 Å². The lowest BCUT2D eigenvalue weighted by molar-refractivity contribution is 0.104. The summed E-state index contributed by atoms with van der Waals surface area (Å²) in [5.41, 5.74) is 6.46. The third kappa shape index (κ3) is 2.95. The number of carbonyl (C=O) groups is 1. The first-order chi connectivity index (χ1) is 15.5. The minimum absolute atomic E-state index is 0.0302. The molecule has 1 aromatic heterocycles. The molecule has 0 spiro atoms. The van der Waals surface area contributed by atoms with Crippen LogP contribution < -0.4 is 14.2 Å². The molecule has 0 fully saturated rings. The number of nitrogens with zero attached hydrogens (tertiary/aromatic N) is 2. The number of ketones is 1. The molecule has 3 aromatic carbocycles. The number of methoxy groups -OCH3 is 3. The van der Waals surface area contributed by atoms with Crippen molar-refractivity contribution in [1.29, 1.82) is 0 Å². The summed E-state index contributed by atoms with van der Waals surface area (Å²) in [6.45, 7) is 1.93. The molecule has 0 saturated heterocycles. The SMILES string of the molecule is COc1cc2c(cc1-n1cnc(C)c1)-c1ccc(-c3c(OC)cccc3OC)cc1C2=O. The zero-order valence-electron chi connectivity index (χ0n) is 18.3. The van der Waals surface area contributed by atoms with E-state index < -0.39 is 0 Å². The summed E-state index contributed by atoms with van der Waals surface area (Å²) in [7, 11) is 4.85. The van der Waals surface area contributed by atoms with Gasteiger partial charge in [-0.25, -0.2) is 4.98 Å². The van der Waals surface area contributed by atoms with Gasteiger partial charge in [0.25, 0.3) is 0 Å². The van der Waals surface area contributed by atoms with Crippen molar-refractivity contribution >= 4 is 5.78 Å². The van der Waals surface area contributed by atoms with Crippen molar-refractivity contribution < 1.29 is 19.0 Å². The van der Waals surface area contributed by atoms with Crippen molar-refractivity contribution in [2.75, 3.05) is 21.3 Å². The lowest BCUT2D eigenvalue weighted by atomic mass is 9.97. The molecular formula is C26H22N2O4. The fraction of sp³-hybridized carbons (Fsp3) is 0.154. The smallest absolute Gasteiger partial charge is 0.194 e. The van der Waals surface area contributed by atoms with Gasteiger partial charge >= 0.3 is 0 Å². The maximum atomic E-state index is 13.4. The highest BCUT2D eigenvalue weighted by atomic mass is 16.5. The van der Waals surface area contributed by atoms with Crippen molar-refractivity contribution in [3.63, 3.8) is 0 Å². The average molecular weight is 426 g/mol. The second kappa shape index (κ2) is 7.57. The van der Waals surface area contributed by atoms with Gasteiger partial charge in [-0.05, 0) is 53.9 Å². The second-order valence-electron chi connectivity index (χ2n) is 7.62. The molecule has 0 radical (unpaired) electrons. The number of rotatable bonds is 5. The molecule has 0 atom stereocenters. The summed E-state index contributed by atoms with van der Waals surface area (Å²) in [6, 6.07) is 15.3. The third-order valence-electron chi connectivity index (χ3n) is 5.82. The fourth-order valence-electron chi connectivity index (χ4n) is 4.30. The normalized spacial score (nSPS) is 11.8. The molecule has 4 aromatic rings. The Kier molecular flexibility index (Phi) is 4.70. The molecular weight excluding hydrogens is 404 g/mol. The molecule has 0 amide bonds. The van der Waals surface area contributed by atoms with E-state index in [9.17, 15) is 4.79 Å². The number of aromatic nitrogens is 2. The highest BCUT2D eigenvalue weighted by molar-refractivity contribution is 6.22. The molecule has 1 heterocycles. The Morgan fingerprint density at radius 3 is 2.09 bits per heavy atom. The zero-order chi connectivity index (χ0) is 22.4. The minimum Gasteiger partial charge on any atom is -0.496 e. The Morgan fingerprint density at radius 1 is 0.781 bits per heavy atom. The average Bonchev–Trinajstić information content (AvgIpc) is 3.38. The first-order valence-corrected chi connectivity index (χ1v) is 10.2. The van der Waals surface area contributed by atoms with E-state index in [0.29, 0.717) is 28.4 Å². The van der Waals surface area contributed by atoms with Crippen molar-refractivity contribution in [1.82, 2.24) is 9.55 Å². The van der Waals surface area contributed by atoms with Crippen molar-refractivity contribution in [3.8, 4) is 45.2 Å². The van der Waals surface area contributed by atoms with Crippen LogP contribution in [-0.2, 0) is 0 Å². The number of hydrogen-bond donors (Lipinski definition) is 0. The van der Waals surface area contributed by atoms with E-state index in [-0.39, 0.29) is 5.78 Å². The van der Waals surface area contributed by atoms with Gasteiger partial charge in [-0.2, -0.15) is 0 Å². The van der Waals surface area contributed by atoms with Crippen molar-refractivity contribution in [2.45, 2.75) is 6.92 Å². The van der Waals surface area contributed by atoms with Crippen LogP contribution in [0.2, 0.25) is 0 Å². The van der Waals surface area contributed by atoms with E-state index in [1.165, 1.54) is 0 Å². The van der Waals surface area contributed by atoms with Crippen LogP contribution in [-0.4, -0.2) is 36.7 Å². The summed E-state index contributed by atoms with van der Waals surface area (Å²) in [5.74, 6) is 1.96. The molecule has 0 aliphatic heterocycles. The van der Waals surface area contributed by atoms with E-state index in [0.717, 1.165) is 33.6 Å². The standard InChI is InChI=1S/C26H22N2O4/c1-15-13-28(14-27-15)21-11-18-17-9-8-16(25-22(30-2)6-5-7-23(25)31-3)10-19(17)26(29)20(18)12-24(21)32-4/h5-14H,1-4H3. The van der Waals surface area contributed by atoms with E-state index in [1.807, 2.05) is 66.2 Å². The Labute approximate surface area is 186 Å². The molecule has 1 aliphatic carbocycles. The number of carbonyl (C=O) groups excluding carboxylic acids is 1. The molecule has 6 nitrogen and oxygen atoms in total. The summed E-state index contributed by atoms with van der Waals surface area (Å²) in [4.78, 5) is 17.7. The molecule has 0 unspecified atom stereocenters. The maximum Gasteiger partial charge on any atom is 0.194 e. The van der Waals surface area contributed by atoms with Crippen LogP contribution in [0.3, 0.4) is 0 Å². The van der Waals surface area contributed by atoms with E-state index in [2.05, 4.69) is 4.98 Å². The van der Waals surface area contributed by atoms with Gasteiger partial charge in [-0.15, -0.1) is 0 Å². The first kappa shape index (κ1) is 19.9. The Bertz CT molecular complexity index is 1350. The summed E-state index contributed by atoms with van der Waals surface area (Å²) < 4.78 is 18.6. The van der Waals surface area contributed by atoms with Gasteiger partial charge in [-0.1, -0.05) is 18.2 Å². The van der Waals surface area contributed by atoms with Gasteiger partial charge in [0.05, 0.1) is 44.6 Å². The van der Waals surface area contributed by atoms with Crippen molar-refractivity contribution in [2.24, 2.45) is 0 Å². The molecule has 160 valence electrons. The first-order valence-electron chi connectivity index (χ1n) is 10.2. The molecule has 6 heteroatoms. The number of fused-ring (bicyclic) bond motifs is 3. The largest absolute Gasteiger partial charge is 0.496 e. The van der Waals surface area contributed by atoms with Gasteiger partial charge < -0.3 is 18.8 Å². The number of aryl methyl sites for hydroxylation is 1. The van der Waals surface area contributed by atoms with Gasteiger partial charge in [0, 0.05) is 17.3 Å². The van der Waals surface area contributed by atoms with Crippen LogP contribution in [0.25, 0.3) is 27.9 Å². The number of benzene rings is 3. The topological polar surface area (TPSA) is 62.6 Å². The van der Waals surface area contributed by atoms with Crippen LogP contribution in [0.1, 0.15) is 21.6 Å². The lowest BCUT2D eigenvalue weighted by Gasteiger charge is -2.14. The molecule has 0 saturated carbocycles. The van der Waals surface area contributed by atoms with E-state index in [1.54, 1.807) is 27.7 Å². The second-order valence-corrected chi connectivity index (χ2v) is 7.62. The van der Waals surface area contributed by atoms with E-state index >= 15 is 0 Å². The summed E-state index contributed by atoms with van der Waals surface area (Å²) in [5, 5.41) is 0. The molecule has 1 aliphatic rings. The van der Waals surface area contributed by atoms with Crippen LogP contribution in [0.5, 0.6) is 17.2 Å². The Hall–Kier alpha value is -4.06. The highest BCUT2D eigenvalue weighted by Gasteiger charge is 2.30. The van der Waals surface area contributed by atoms with E-state index in [4.69, 9.17) is 14.2 Å². The molecule has 5 rings (SSSR count). The number of imidazole rings is 1. The lowest BCUT2D eigenvalue weighted by Crippen LogP contribution is -2.00. The monoisotopic (exact) mass is 426 g/mol. The van der Waals surface area contributed by atoms with Gasteiger partial charge in [0.15, 0.2) is 5.78 Å². The predicted molar refractivity (Wildman–Crippen MR) is 122 cm³/mol.